The maximum atomic E-state index is 5.54. The molecule has 0 saturated heterocycles. The molecular formula is C6H12IN5S. The number of hydrogen-bond donors (Lipinski definition) is 2. The Morgan fingerprint density at radius 3 is 2.85 bits per heavy atom. The van der Waals surface area contributed by atoms with E-state index in [1.165, 1.54) is 11.3 Å². The Hall–Kier alpha value is -0.440. The van der Waals surface area contributed by atoms with E-state index in [1.54, 1.807) is 5.51 Å². The number of aromatic nitrogens is 2. The van der Waals surface area contributed by atoms with Gasteiger partial charge in [0.25, 0.3) is 0 Å². The van der Waals surface area contributed by atoms with Gasteiger partial charge in [-0.25, -0.2) is 0 Å². The van der Waals surface area contributed by atoms with Crippen LogP contribution in [0, 0.1) is 0 Å². The number of hydrogen-bond acceptors (Lipinski definition) is 4. The fraction of sp³-hybridized carbons (Fsp3) is 0.500. The Kier molecular flexibility index (Phi) is 5.88. The SMILES string of the molecule is CC(C)N=C(N)Nc1nncs1.I. The summed E-state index contributed by atoms with van der Waals surface area (Å²) in [5.41, 5.74) is 7.17. The van der Waals surface area contributed by atoms with Crippen LogP contribution in [0.3, 0.4) is 0 Å². The first kappa shape index (κ1) is 12.6. The van der Waals surface area contributed by atoms with E-state index in [0.717, 1.165) is 0 Å². The second kappa shape index (κ2) is 6.08. The van der Waals surface area contributed by atoms with Gasteiger partial charge in [0.15, 0.2) is 5.96 Å². The lowest BCUT2D eigenvalue weighted by Crippen LogP contribution is -2.23. The van der Waals surface area contributed by atoms with E-state index in [1.807, 2.05) is 13.8 Å². The molecule has 0 spiro atoms. The van der Waals surface area contributed by atoms with Crippen LogP contribution in [0.2, 0.25) is 0 Å². The summed E-state index contributed by atoms with van der Waals surface area (Å²) in [5.74, 6) is 0.377. The largest absolute Gasteiger partial charge is 0.370 e. The first-order valence-corrected chi connectivity index (χ1v) is 4.43. The van der Waals surface area contributed by atoms with Crippen LogP contribution in [-0.2, 0) is 0 Å². The molecule has 0 bridgehead atoms. The summed E-state index contributed by atoms with van der Waals surface area (Å²) in [4.78, 5) is 4.07. The number of halogens is 1. The van der Waals surface area contributed by atoms with Crippen molar-refractivity contribution in [1.29, 1.82) is 0 Å². The number of anilines is 1. The predicted molar refractivity (Wildman–Crippen MR) is 65.7 cm³/mol. The summed E-state index contributed by atoms with van der Waals surface area (Å²) in [7, 11) is 0. The van der Waals surface area contributed by atoms with Crippen molar-refractivity contribution >= 4 is 46.4 Å². The van der Waals surface area contributed by atoms with Crippen LogP contribution in [0.25, 0.3) is 0 Å². The molecule has 13 heavy (non-hydrogen) atoms. The lowest BCUT2D eigenvalue weighted by molar-refractivity contribution is 0.833. The highest BCUT2D eigenvalue weighted by atomic mass is 127. The molecule has 0 aliphatic carbocycles. The highest BCUT2D eigenvalue weighted by Gasteiger charge is 1.97. The Bertz CT molecular complexity index is 258. The fourth-order valence-electron chi connectivity index (χ4n) is 0.648. The Morgan fingerprint density at radius 1 is 1.69 bits per heavy atom. The van der Waals surface area contributed by atoms with Crippen molar-refractivity contribution in [2.24, 2.45) is 10.7 Å². The van der Waals surface area contributed by atoms with Gasteiger partial charge in [0, 0.05) is 6.04 Å². The molecule has 1 aromatic heterocycles. The van der Waals surface area contributed by atoms with Crippen molar-refractivity contribution in [3.05, 3.63) is 5.51 Å². The zero-order valence-corrected chi connectivity index (χ0v) is 10.5. The van der Waals surface area contributed by atoms with Crippen molar-refractivity contribution in [1.82, 2.24) is 10.2 Å². The lowest BCUT2D eigenvalue weighted by atomic mass is 10.4. The summed E-state index contributed by atoms with van der Waals surface area (Å²) < 4.78 is 0. The zero-order valence-electron chi connectivity index (χ0n) is 7.39. The van der Waals surface area contributed by atoms with Crippen LogP contribution < -0.4 is 11.1 Å². The van der Waals surface area contributed by atoms with Gasteiger partial charge in [-0.15, -0.1) is 34.2 Å². The van der Waals surface area contributed by atoms with Crippen LogP contribution >= 0.6 is 35.3 Å². The lowest BCUT2D eigenvalue weighted by Gasteiger charge is -2.01. The molecule has 5 nitrogen and oxygen atoms in total. The van der Waals surface area contributed by atoms with E-state index in [0.29, 0.717) is 11.1 Å². The van der Waals surface area contributed by atoms with Gasteiger partial charge >= 0.3 is 0 Å². The van der Waals surface area contributed by atoms with E-state index in [4.69, 9.17) is 5.73 Å². The topological polar surface area (TPSA) is 76.2 Å². The van der Waals surface area contributed by atoms with Gasteiger partial charge in [0.2, 0.25) is 5.13 Å². The highest BCUT2D eigenvalue weighted by molar-refractivity contribution is 14.0. The maximum Gasteiger partial charge on any atom is 0.212 e. The first-order valence-electron chi connectivity index (χ1n) is 3.55. The molecule has 0 aliphatic rings. The van der Waals surface area contributed by atoms with E-state index >= 15 is 0 Å². The molecule has 7 heteroatoms. The molecule has 1 aromatic rings. The van der Waals surface area contributed by atoms with Gasteiger partial charge in [-0.05, 0) is 13.8 Å². The smallest absolute Gasteiger partial charge is 0.212 e. The number of nitrogens with one attached hydrogen (secondary N) is 1. The number of nitrogens with two attached hydrogens (primary N) is 1. The summed E-state index contributed by atoms with van der Waals surface area (Å²) in [6.07, 6.45) is 0. The van der Waals surface area contributed by atoms with E-state index in [2.05, 4.69) is 20.5 Å². The summed E-state index contributed by atoms with van der Waals surface area (Å²) in [5, 5.41) is 10.9. The van der Waals surface area contributed by atoms with E-state index in [9.17, 15) is 0 Å². The van der Waals surface area contributed by atoms with Crippen molar-refractivity contribution in [2.45, 2.75) is 19.9 Å². The molecule has 0 unspecified atom stereocenters. The van der Waals surface area contributed by atoms with Gasteiger partial charge in [0.05, 0.1) is 0 Å². The Morgan fingerprint density at radius 2 is 2.38 bits per heavy atom. The standard InChI is InChI=1S/C6H11N5S.HI/c1-4(2)9-5(7)10-6-11-8-3-12-6;/h3-4H,1-2H3,(H3,7,9,10,11);1H. The minimum absolute atomic E-state index is 0. The van der Waals surface area contributed by atoms with Gasteiger partial charge < -0.3 is 11.1 Å². The molecule has 74 valence electrons. The Labute approximate surface area is 97.9 Å². The third-order valence-electron chi connectivity index (χ3n) is 0.992. The Balaban J connectivity index is 0.00000144. The molecule has 3 N–H and O–H groups in total. The van der Waals surface area contributed by atoms with Crippen LogP contribution in [0.4, 0.5) is 5.13 Å². The third-order valence-corrected chi connectivity index (χ3v) is 1.60. The quantitative estimate of drug-likeness (QED) is 0.490. The number of rotatable bonds is 2. The van der Waals surface area contributed by atoms with Gasteiger partial charge in [-0.3, -0.25) is 4.99 Å². The molecule has 1 rings (SSSR count). The average molecular weight is 313 g/mol. The summed E-state index contributed by atoms with van der Waals surface area (Å²) >= 11 is 1.38. The van der Waals surface area contributed by atoms with Crippen LogP contribution in [0.1, 0.15) is 13.8 Å². The molecule has 0 amide bonds. The average Bonchev–Trinajstić information content (AvgIpc) is 2.37. The molecule has 0 radical (unpaired) electrons. The zero-order chi connectivity index (χ0) is 8.97. The van der Waals surface area contributed by atoms with Crippen molar-refractivity contribution < 1.29 is 0 Å². The number of aliphatic imine (C=N–C) groups is 1. The second-order valence-corrected chi connectivity index (χ2v) is 3.31. The van der Waals surface area contributed by atoms with E-state index in [-0.39, 0.29) is 30.0 Å². The minimum atomic E-state index is 0. The van der Waals surface area contributed by atoms with Crippen molar-refractivity contribution in [3.8, 4) is 0 Å². The van der Waals surface area contributed by atoms with Gasteiger partial charge in [-0.1, -0.05) is 11.3 Å². The fourth-order valence-corrected chi connectivity index (χ4v) is 1.10. The highest BCUT2D eigenvalue weighted by Crippen LogP contribution is 2.06. The second-order valence-electron chi connectivity index (χ2n) is 2.48. The minimum Gasteiger partial charge on any atom is -0.370 e. The predicted octanol–water partition coefficient (Wildman–Crippen LogP) is 1.29. The van der Waals surface area contributed by atoms with Gasteiger partial charge in [0.1, 0.15) is 5.51 Å². The molecule has 0 aliphatic heterocycles. The molecular weight excluding hydrogens is 301 g/mol. The van der Waals surface area contributed by atoms with Crippen LogP contribution in [0.5, 0.6) is 0 Å². The molecule has 0 atom stereocenters. The maximum absolute atomic E-state index is 5.54. The summed E-state index contributed by atoms with van der Waals surface area (Å²) in [6.45, 7) is 3.91. The van der Waals surface area contributed by atoms with Crippen molar-refractivity contribution in [3.63, 3.8) is 0 Å². The third kappa shape index (κ3) is 4.98. The molecule has 1 heterocycles. The van der Waals surface area contributed by atoms with Crippen molar-refractivity contribution in [2.75, 3.05) is 5.32 Å². The van der Waals surface area contributed by atoms with Crippen LogP contribution in [0.15, 0.2) is 10.5 Å². The monoisotopic (exact) mass is 313 g/mol. The molecule has 0 aromatic carbocycles. The summed E-state index contributed by atoms with van der Waals surface area (Å²) in [6, 6.07) is 0.186. The van der Waals surface area contributed by atoms with E-state index < -0.39 is 0 Å². The van der Waals surface area contributed by atoms with Gasteiger partial charge in [-0.2, -0.15) is 0 Å². The number of guanidine groups is 1. The normalized spacial score (nSPS) is 11.2. The molecule has 0 saturated carbocycles. The number of nitrogens with zero attached hydrogens (tertiary/aromatic N) is 3. The molecule has 0 fully saturated rings. The van der Waals surface area contributed by atoms with Crippen LogP contribution in [-0.4, -0.2) is 22.2 Å². The first-order chi connectivity index (χ1) is 5.68.